The zero-order valence-corrected chi connectivity index (χ0v) is 9.19. The van der Waals surface area contributed by atoms with Crippen LogP contribution in [0.3, 0.4) is 0 Å². The molecule has 1 aromatic rings. The Bertz CT molecular complexity index is 363. The molecule has 88 valence electrons. The number of H-pyrrole nitrogens is 1. The quantitative estimate of drug-likeness (QED) is 0.737. The van der Waals surface area contributed by atoms with Gasteiger partial charge in [0.2, 0.25) is 5.82 Å². The zero-order valence-electron chi connectivity index (χ0n) is 9.19. The number of nitrogens with one attached hydrogen (secondary N) is 2. The van der Waals surface area contributed by atoms with Crippen LogP contribution in [0.4, 0.5) is 0 Å². The molecule has 0 aliphatic carbocycles. The van der Waals surface area contributed by atoms with Crippen molar-refractivity contribution in [3.8, 4) is 0 Å². The molecule has 1 aliphatic rings. The normalized spacial score (nSPS) is 23.2. The number of rotatable bonds is 3. The van der Waals surface area contributed by atoms with Gasteiger partial charge in [0, 0.05) is 6.54 Å². The third-order valence-electron chi connectivity index (χ3n) is 2.19. The fraction of sp³-hybridized carbons (Fsp3) is 0.667. The topological polar surface area (TPSA) is 89.1 Å². The number of hydrogen-bond acceptors (Lipinski definition) is 5. The van der Waals surface area contributed by atoms with E-state index in [1.54, 1.807) is 0 Å². The van der Waals surface area contributed by atoms with E-state index < -0.39 is 5.79 Å². The van der Waals surface area contributed by atoms with Crippen LogP contribution in [0, 0.1) is 0 Å². The fourth-order valence-corrected chi connectivity index (χ4v) is 1.47. The Morgan fingerprint density at radius 1 is 1.75 bits per heavy atom. The van der Waals surface area contributed by atoms with Crippen molar-refractivity contribution in [1.29, 1.82) is 0 Å². The molecule has 0 bridgehead atoms. The number of ether oxygens (including phenoxy) is 2. The van der Waals surface area contributed by atoms with Crippen molar-refractivity contribution >= 4 is 5.91 Å². The van der Waals surface area contributed by atoms with E-state index in [4.69, 9.17) is 9.47 Å². The maximum Gasteiger partial charge on any atom is 0.288 e. The lowest BCUT2D eigenvalue weighted by atomic mass is 10.3. The Balaban J connectivity index is 1.79. The van der Waals surface area contributed by atoms with Crippen LogP contribution in [-0.2, 0) is 9.47 Å². The van der Waals surface area contributed by atoms with Crippen LogP contribution in [0.1, 0.15) is 24.5 Å². The molecule has 1 atom stereocenters. The minimum atomic E-state index is -0.568. The number of amides is 1. The van der Waals surface area contributed by atoms with Gasteiger partial charge >= 0.3 is 0 Å². The Morgan fingerprint density at radius 3 is 3.12 bits per heavy atom. The molecule has 7 heteroatoms. The summed E-state index contributed by atoms with van der Waals surface area (Å²) in [6.45, 7) is 4.54. The Morgan fingerprint density at radius 2 is 2.56 bits per heavy atom. The van der Waals surface area contributed by atoms with Gasteiger partial charge in [0.05, 0.1) is 6.61 Å². The summed E-state index contributed by atoms with van der Waals surface area (Å²) in [5.41, 5.74) is 0. The van der Waals surface area contributed by atoms with Crippen LogP contribution in [0.2, 0.25) is 0 Å². The van der Waals surface area contributed by atoms with E-state index in [2.05, 4.69) is 20.5 Å². The van der Waals surface area contributed by atoms with E-state index in [1.807, 2.05) is 13.8 Å². The predicted octanol–water partition coefficient (Wildman–Crippen LogP) is -0.314. The molecule has 2 N–H and O–H groups in total. The lowest BCUT2D eigenvalue weighted by molar-refractivity contribution is -0.137. The summed E-state index contributed by atoms with van der Waals surface area (Å²) in [5.74, 6) is -0.675. The molecule has 1 aromatic heterocycles. The highest BCUT2D eigenvalue weighted by atomic mass is 16.7. The third-order valence-corrected chi connectivity index (χ3v) is 2.19. The molecule has 2 heterocycles. The van der Waals surface area contributed by atoms with E-state index >= 15 is 0 Å². The van der Waals surface area contributed by atoms with Gasteiger partial charge in [-0.25, -0.2) is 4.98 Å². The summed E-state index contributed by atoms with van der Waals surface area (Å²) in [7, 11) is 0. The summed E-state index contributed by atoms with van der Waals surface area (Å²) in [6, 6.07) is 0. The monoisotopic (exact) mass is 226 g/mol. The average Bonchev–Trinajstić information content (AvgIpc) is 2.83. The molecule has 1 amide bonds. The van der Waals surface area contributed by atoms with Crippen LogP contribution >= 0.6 is 0 Å². The Hall–Kier alpha value is -1.47. The Labute approximate surface area is 92.5 Å². The number of aromatic amines is 1. The number of nitrogens with zero attached hydrogens (tertiary/aromatic N) is 2. The van der Waals surface area contributed by atoms with E-state index in [0.29, 0.717) is 13.2 Å². The smallest absolute Gasteiger partial charge is 0.288 e. The summed E-state index contributed by atoms with van der Waals surface area (Å²) in [5, 5.41) is 8.76. The first-order valence-electron chi connectivity index (χ1n) is 5.02. The maximum atomic E-state index is 11.5. The number of hydrogen-bond donors (Lipinski definition) is 2. The van der Waals surface area contributed by atoms with Gasteiger partial charge in [-0.15, -0.1) is 0 Å². The van der Waals surface area contributed by atoms with Crippen molar-refractivity contribution in [3.05, 3.63) is 12.2 Å². The predicted molar refractivity (Wildman–Crippen MR) is 53.6 cm³/mol. The first-order valence-corrected chi connectivity index (χ1v) is 5.02. The van der Waals surface area contributed by atoms with Gasteiger partial charge in [-0.05, 0) is 13.8 Å². The van der Waals surface area contributed by atoms with Crippen LogP contribution in [-0.4, -0.2) is 46.1 Å². The summed E-state index contributed by atoms with van der Waals surface area (Å²) in [4.78, 5) is 15.2. The van der Waals surface area contributed by atoms with Crippen molar-refractivity contribution in [2.24, 2.45) is 0 Å². The number of carbonyl (C=O) groups is 1. The van der Waals surface area contributed by atoms with Gasteiger partial charge in [0.15, 0.2) is 5.79 Å². The van der Waals surface area contributed by atoms with E-state index in [0.717, 1.165) is 0 Å². The van der Waals surface area contributed by atoms with Gasteiger partial charge in [0.25, 0.3) is 5.91 Å². The maximum absolute atomic E-state index is 11.5. The first-order chi connectivity index (χ1) is 7.57. The first kappa shape index (κ1) is 11.0. The molecule has 7 nitrogen and oxygen atoms in total. The van der Waals surface area contributed by atoms with Crippen molar-refractivity contribution in [2.45, 2.75) is 25.7 Å². The minimum Gasteiger partial charge on any atom is -0.348 e. The van der Waals surface area contributed by atoms with E-state index in [9.17, 15) is 4.79 Å². The SMILES string of the molecule is CC1(C)OCC(CNC(=O)c2ncn[nH]2)O1. The van der Waals surface area contributed by atoms with Crippen LogP contribution in [0.25, 0.3) is 0 Å². The molecule has 1 unspecified atom stereocenters. The molecular formula is C9H14N4O3. The van der Waals surface area contributed by atoms with Gasteiger partial charge < -0.3 is 14.8 Å². The molecule has 1 saturated heterocycles. The molecular weight excluding hydrogens is 212 g/mol. The van der Waals surface area contributed by atoms with E-state index in [-0.39, 0.29) is 17.8 Å². The molecule has 0 aromatic carbocycles. The molecule has 0 spiro atoms. The van der Waals surface area contributed by atoms with Gasteiger partial charge in [-0.1, -0.05) is 0 Å². The van der Waals surface area contributed by atoms with Crippen LogP contribution in [0.5, 0.6) is 0 Å². The average molecular weight is 226 g/mol. The van der Waals surface area contributed by atoms with Crippen molar-refractivity contribution in [2.75, 3.05) is 13.2 Å². The van der Waals surface area contributed by atoms with Crippen LogP contribution in [0.15, 0.2) is 6.33 Å². The molecule has 0 radical (unpaired) electrons. The largest absolute Gasteiger partial charge is 0.348 e. The molecule has 1 aliphatic heterocycles. The van der Waals surface area contributed by atoms with Gasteiger partial charge in [-0.2, -0.15) is 5.10 Å². The summed E-state index contributed by atoms with van der Waals surface area (Å²) < 4.78 is 10.9. The van der Waals surface area contributed by atoms with E-state index in [1.165, 1.54) is 6.33 Å². The summed E-state index contributed by atoms with van der Waals surface area (Å²) >= 11 is 0. The molecule has 1 fully saturated rings. The Kier molecular flexibility index (Phi) is 2.88. The second kappa shape index (κ2) is 4.18. The lowest BCUT2D eigenvalue weighted by Gasteiger charge is -2.17. The second-order valence-corrected chi connectivity index (χ2v) is 3.99. The van der Waals surface area contributed by atoms with Gasteiger partial charge in [-0.3, -0.25) is 9.89 Å². The molecule has 16 heavy (non-hydrogen) atoms. The minimum absolute atomic E-state index is 0.123. The highest BCUT2D eigenvalue weighted by Gasteiger charge is 2.32. The molecule has 0 saturated carbocycles. The second-order valence-electron chi connectivity index (χ2n) is 3.99. The zero-order chi connectivity index (χ0) is 11.6. The lowest BCUT2D eigenvalue weighted by Crippen LogP contribution is -2.34. The van der Waals surface area contributed by atoms with Crippen LogP contribution < -0.4 is 5.32 Å². The van der Waals surface area contributed by atoms with Crippen molar-refractivity contribution in [3.63, 3.8) is 0 Å². The van der Waals surface area contributed by atoms with Gasteiger partial charge in [0.1, 0.15) is 12.4 Å². The fourth-order valence-electron chi connectivity index (χ4n) is 1.47. The molecule has 2 rings (SSSR count). The number of aromatic nitrogens is 3. The van der Waals surface area contributed by atoms with Crippen molar-refractivity contribution < 1.29 is 14.3 Å². The van der Waals surface area contributed by atoms with Crippen molar-refractivity contribution in [1.82, 2.24) is 20.5 Å². The number of carbonyl (C=O) groups excluding carboxylic acids is 1. The highest BCUT2D eigenvalue weighted by Crippen LogP contribution is 2.21. The standard InChI is InChI=1S/C9H14N4O3/c1-9(2)15-4-6(16-9)3-10-8(14)7-11-5-12-13-7/h5-6H,3-4H2,1-2H3,(H,10,14)(H,11,12,13). The summed E-state index contributed by atoms with van der Waals surface area (Å²) in [6.07, 6.45) is 1.16. The third kappa shape index (κ3) is 2.56. The highest BCUT2D eigenvalue weighted by molar-refractivity contribution is 5.90.